The minimum atomic E-state index is -1.08. The van der Waals surface area contributed by atoms with Crippen molar-refractivity contribution in [2.45, 2.75) is 44.7 Å². The fraction of sp³-hybridized carbons (Fsp3) is 0.423. The number of ether oxygens (including phenoxy) is 1. The summed E-state index contributed by atoms with van der Waals surface area (Å²) in [6.45, 7) is 5.20. The number of allylic oxidation sites excluding steroid dienone is 4. The summed E-state index contributed by atoms with van der Waals surface area (Å²) in [5.74, 6) is -0.655. The molecule has 4 rings (SSSR count). The minimum Gasteiger partial charge on any atom is -0.480 e. The standard InChI is InChI=1S/C26H29Cl2N3O4S/c1-16(2)12-22-23(18-8-9-19(27)20(28)13-18)29-25(36-22)30-10-11-31(21(14-30)24(32)33)26(34)35-15-17-6-4-3-5-7-17/h3-8,13,16,19,21H,9-12,14-15H2,1-2H3,(H,32,33). The predicted molar refractivity (Wildman–Crippen MR) is 144 cm³/mol. The van der Waals surface area contributed by atoms with Gasteiger partial charge >= 0.3 is 12.1 Å². The van der Waals surface area contributed by atoms with Crippen LogP contribution < -0.4 is 4.90 Å². The molecule has 1 amide bonds. The van der Waals surface area contributed by atoms with Crippen LogP contribution in [0.5, 0.6) is 0 Å². The number of alkyl halides is 1. The molecule has 0 spiro atoms. The maximum Gasteiger partial charge on any atom is 0.410 e. The van der Waals surface area contributed by atoms with Crippen LogP contribution in [-0.2, 0) is 22.6 Å². The van der Waals surface area contributed by atoms with Gasteiger partial charge in [-0.1, -0.05) is 61.9 Å². The number of aromatic nitrogens is 1. The number of aliphatic carboxylic acids is 1. The highest BCUT2D eigenvalue weighted by atomic mass is 35.5. The van der Waals surface area contributed by atoms with Crippen molar-refractivity contribution in [1.82, 2.24) is 9.88 Å². The zero-order valence-corrected chi connectivity index (χ0v) is 22.5. The van der Waals surface area contributed by atoms with Crippen molar-refractivity contribution < 1.29 is 19.4 Å². The molecule has 2 aromatic rings. The van der Waals surface area contributed by atoms with E-state index in [0.717, 1.165) is 33.3 Å². The monoisotopic (exact) mass is 549 g/mol. The molecule has 1 N–H and O–H groups in total. The van der Waals surface area contributed by atoms with E-state index in [-0.39, 0.29) is 25.1 Å². The van der Waals surface area contributed by atoms with Crippen LogP contribution in [0.4, 0.5) is 9.93 Å². The number of anilines is 1. The van der Waals surface area contributed by atoms with Gasteiger partial charge in [0.05, 0.1) is 17.6 Å². The number of carbonyl (C=O) groups is 2. The highest BCUT2D eigenvalue weighted by Gasteiger charge is 2.37. The quantitative estimate of drug-likeness (QED) is 0.441. The van der Waals surface area contributed by atoms with Crippen molar-refractivity contribution in [2.75, 3.05) is 24.5 Å². The molecule has 10 heteroatoms. The lowest BCUT2D eigenvalue weighted by Gasteiger charge is -2.38. The minimum absolute atomic E-state index is 0.0922. The maximum absolute atomic E-state index is 12.7. The van der Waals surface area contributed by atoms with Crippen LogP contribution in [0.2, 0.25) is 0 Å². The maximum atomic E-state index is 12.7. The Balaban J connectivity index is 1.51. The molecule has 7 nitrogen and oxygen atoms in total. The Kier molecular flexibility index (Phi) is 8.59. The summed E-state index contributed by atoms with van der Waals surface area (Å²) in [5.41, 5.74) is 2.64. The largest absolute Gasteiger partial charge is 0.480 e. The van der Waals surface area contributed by atoms with Gasteiger partial charge in [-0.2, -0.15) is 0 Å². The van der Waals surface area contributed by atoms with Crippen LogP contribution in [0, 0.1) is 5.92 Å². The first-order valence-electron chi connectivity index (χ1n) is 11.9. The molecule has 2 aliphatic rings. The number of carbonyl (C=O) groups excluding carboxylic acids is 1. The van der Waals surface area contributed by atoms with Crippen molar-refractivity contribution in [2.24, 2.45) is 5.92 Å². The molecule has 1 aliphatic carbocycles. The lowest BCUT2D eigenvalue weighted by Crippen LogP contribution is -2.58. The van der Waals surface area contributed by atoms with Crippen LogP contribution in [0.15, 0.2) is 47.5 Å². The molecule has 1 aromatic carbocycles. The van der Waals surface area contributed by atoms with Crippen molar-refractivity contribution >= 4 is 57.3 Å². The zero-order valence-electron chi connectivity index (χ0n) is 20.2. The fourth-order valence-electron chi connectivity index (χ4n) is 4.20. The third-order valence-corrected chi connectivity index (χ3v) is 8.10. The van der Waals surface area contributed by atoms with Crippen LogP contribution in [0.25, 0.3) is 5.57 Å². The molecule has 192 valence electrons. The molecule has 2 heterocycles. The Morgan fingerprint density at radius 1 is 1.25 bits per heavy atom. The summed E-state index contributed by atoms with van der Waals surface area (Å²) in [7, 11) is 0. The van der Waals surface area contributed by atoms with E-state index in [1.807, 2.05) is 47.4 Å². The molecule has 0 bridgehead atoms. The van der Waals surface area contributed by atoms with Gasteiger partial charge in [-0.05, 0) is 36.0 Å². The van der Waals surface area contributed by atoms with Crippen molar-refractivity contribution in [3.05, 3.63) is 63.7 Å². The van der Waals surface area contributed by atoms with Gasteiger partial charge < -0.3 is 14.7 Å². The van der Waals surface area contributed by atoms with Crippen LogP contribution in [0.3, 0.4) is 0 Å². The van der Waals surface area contributed by atoms with Crippen molar-refractivity contribution in [3.8, 4) is 0 Å². The zero-order chi connectivity index (χ0) is 25.8. The van der Waals surface area contributed by atoms with Gasteiger partial charge in [0.2, 0.25) is 0 Å². The second kappa shape index (κ2) is 11.7. The lowest BCUT2D eigenvalue weighted by atomic mass is 10.0. The molecule has 36 heavy (non-hydrogen) atoms. The number of rotatable bonds is 7. The predicted octanol–water partition coefficient (Wildman–Crippen LogP) is 5.77. The fourth-order valence-corrected chi connectivity index (χ4v) is 5.89. The van der Waals surface area contributed by atoms with E-state index in [0.29, 0.717) is 23.9 Å². The molecule has 2 unspecified atom stereocenters. The van der Waals surface area contributed by atoms with E-state index < -0.39 is 18.1 Å². The Morgan fingerprint density at radius 3 is 2.67 bits per heavy atom. The SMILES string of the molecule is CC(C)Cc1sc(N2CCN(C(=O)OCc3ccccc3)C(C(=O)O)C2)nc1C1=CCC(Cl)C(Cl)=C1. The highest BCUT2D eigenvalue weighted by Crippen LogP contribution is 2.37. The number of hydrogen-bond acceptors (Lipinski definition) is 6. The van der Waals surface area contributed by atoms with E-state index in [2.05, 4.69) is 13.8 Å². The van der Waals surface area contributed by atoms with Crippen LogP contribution in [-0.4, -0.2) is 58.1 Å². The smallest absolute Gasteiger partial charge is 0.410 e. The highest BCUT2D eigenvalue weighted by molar-refractivity contribution is 7.15. The summed E-state index contributed by atoms with van der Waals surface area (Å²) >= 11 is 14.1. The average Bonchev–Trinajstić information content (AvgIpc) is 3.27. The van der Waals surface area contributed by atoms with Gasteiger partial charge in [-0.25, -0.2) is 14.6 Å². The Labute approximate surface area is 225 Å². The van der Waals surface area contributed by atoms with Gasteiger partial charge in [0.25, 0.3) is 0 Å². The normalized spacial score (nSPS) is 20.2. The Bertz CT molecular complexity index is 1170. The molecule has 1 fully saturated rings. The number of piperazine rings is 1. The molecule has 1 saturated heterocycles. The Hall–Kier alpha value is -2.55. The first-order chi connectivity index (χ1) is 17.2. The van der Waals surface area contributed by atoms with E-state index in [4.69, 9.17) is 32.9 Å². The number of halogens is 2. The second-order valence-corrected chi connectivity index (χ2v) is 11.3. The summed E-state index contributed by atoms with van der Waals surface area (Å²) in [4.78, 5) is 34.1. The van der Waals surface area contributed by atoms with E-state index in [1.165, 1.54) is 4.90 Å². The van der Waals surface area contributed by atoms with Gasteiger partial charge in [0.1, 0.15) is 12.6 Å². The first-order valence-corrected chi connectivity index (χ1v) is 13.5. The Morgan fingerprint density at radius 2 is 2.00 bits per heavy atom. The summed E-state index contributed by atoms with van der Waals surface area (Å²) < 4.78 is 5.41. The van der Waals surface area contributed by atoms with E-state index in [1.54, 1.807) is 11.3 Å². The number of benzene rings is 1. The van der Waals surface area contributed by atoms with Crippen LogP contribution in [0.1, 0.15) is 36.4 Å². The van der Waals surface area contributed by atoms with Gasteiger partial charge in [0, 0.05) is 23.0 Å². The number of hydrogen-bond donors (Lipinski definition) is 1. The lowest BCUT2D eigenvalue weighted by molar-refractivity contribution is -0.142. The summed E-state index contributed by atoms with van der Waals surface area (Å²) in [6, 6.07) is 8.27. The average molecular weight is 551 g/mol. The molecule has 1 aliphatic heterocycles. The van der Waals surface area contributed by atoms with Gasteiger partial charge in [0.15, 0.2) is 5.13 Å². The summed E-state index contributed by atoms with van der Waals surface area (Å²) in [5, 5.41) is 11.0. The van der Waals surface area contributed by atoms with Gasteiger partial charge in [-0.3, -0.25) is 4.90 Å². The van der Waals surface area contributed by atoms with E-state index >= 15 is 0 Å². The number of amides is 1. The van der Waals surface area contributed by atoms with Crippen molar-refractivity contribution in [3.63, 3.8) is 0 Å². The molecular weight excluding hydrogens is 521 g/mol. The third kappa shape index (κ3) is 6.22. The molecule has 1 aromatic heterocycles. The molecular formula is C26H29Cl2N3O4S. The molecule has 0 saturated carbocycles. The van der Waals surface area contributed by atoms with Crippen LogP contribution >= 0.6 is 34.5 Å². The number of nitrogens with zero attached hydrogens (tertiary/aromatic N) is 3. The summed E-state index contributed by atoms with van der Waals surface area (Å²) in [6.07, 6.45) is 4.76. The third-order valence-electron chi connectivity index (χ3n) is 6.07. The molecule has 0 radical (unpaired) electrons. The first kappa shape index (κ1) is 26.5. The van der Waals surface area contributed by atoms with Crippen molar-refractivity contribution in [1.29, 1.82) is 0 Å². The molecule has 2 atom stereocenters. The van der Waals surface area contributed by atoms with E-state index in [9.17, 15) is 14.7 Å². The second-order valence-electron chi connectivity index (χ2n) is 9.29. The number of carboxylic acid groups (broad SMARTS) is 1. The number of thiazole rings is 1. The number of carboxylic acids is 1. The topological polar surface area (TPSA) is 83.0 Å². The van der Waals surface area contributed by atoms with Gasteiger partial charge in [-0.15, -0.1) is 22.9 Å².